The fraction of sp³-hybridized carbons (Fsp3) is 0.150. The van der Waals surface area contributed by atoms with E-state index in [1.807, 2.05) is 0 Å². The van der Waals surface area contributed by atoms with E-state index in [4.69, 9.17) is 14.2 Å². The van der Waals surface area contributed by atoms with E-state index in [-0.39, 0.29) is 5.82 Å². The number of benzene rings is 2. The predicted molar refractivity (Wildman–Crippen MR) is 109 cm³/mol. The molecule has 0 atom stereocenters. The van der Waals surface area contributed by atoms with Gasteiger partial charge < -0.3 is 19.2 Å². The number of ether oxygens (including phenoxy) is 3. The summed E-state index contributed by atoms with van der Waals surface area (Å²) in [5.41, 5.74) is 5.57. The molecular formula is C20H18FN5O3. The minimum Gasteiger partial charge on any atom is -0.496 e. The Labute approximate surface area is 165 Å². The van der Waals surface area contributed by atoms with Crippen molar-refractivity contribution < 1.29 is 18.6 Å². The molecule has 29 heavy (non-hydrogen) atoms. The summed E-state index contributed by atoms with van der Waals surface area (Å²) in [6.45, 7) is 0. The van der Waals surface area contributed by atoms with Gasteiger partial charge in [-0.05, 0) is 24.3 Å². The van der Waals surface area contributed by atoms with Crippen LogP contribution in [0.25, 0.3) is 21.9 Å². The molecule has 0 fully saturated rings. The molecule has 0 aliphatic carbocycles. The van der Waals surface area contributed by atoms with Crippen molar-refractivity contribution in [1.29, 1.82) is 0 Å². The zero-order valence-corrected chi connectivity index (χ0v) is 16.0. The number of halogens is 1. The van der Waals surface area contributed by atoms with Crippen LogP contribution < -0.4 is 19.6 Å². The van der Waals surface area contributed by atoms with Gasteiger partial charge in [0.2, 0.25) is 0 Å². The molecule has 0 radical (unpaired) electrons. The largest absolute Gasteiger partial charge is 0.496 e. The highest BCUT2D eigenvalue weighted by molar-refractivity contribution is 6.08. The second-order valence-electron chi connectivity index (χ2n) is 6.08. The molecule has 8 nitrogen and oxygen atoms in total. The number of anilines is 1. The van der Waals surface area contributed by atoms with Crippen molar-refractivity contribution in [3.8, 4) is 17.2 Å². The van der Waals surface area contributed by atoms with E-state index in [1.54, 1.807) is 45.7 Å². The first kappa shape index (κ1) is 18.5. The van der Waals surface area contributed by atoms with Crippen LogP contribution in [0.3, 0.4) is 0 Å². The Hall–Kier alpha value is -3.88. The fourth-order valence-corrected chi connectivity index (χ4v) is 3.07. The molecule has 0 unspecified atom stereocenters. The molecule has 2 aromatic heterocycles. The lowest BCUT2D eigenvalue weighted by atomic mass is 10.2. The van der Waals surface area contributed by atoms with Crippen LogP contribution >= 0.6 is 0 Å². The van der Waals surface area contributed by atoms with Gasteiger partial charge in [-0.2, -0.15) is 5.10 Å². The van der Waals surface area contributed by atoms with Crippen molar-refractivity contribution in [3.05, 3.63) is 48.0 Å². The van der Waals surface area contributed by atoms with Gasteiger partial charge in [-0.3, -0.25) is 5.43 Å². The van der Waals surface area contributed by atoms with Gasteiger partial charge in [0, 0.05) is 22.5 Å². The lowest BCUT2D eigenvalue weighted by Gasteiger charge is -2.11. The minimum absolute atomic E-state index is 0.329. The second kappa shape index (κ2) is 7.63. The molecular weight excluding hydrogens is 377 g/mol. The van der Waals surface area contributed by atoms with Crippen molar-refractivity contribution in [2.45, 2.75) is 0 Å². The Kier molecular flexibility index (Phi) is 4.86. The van der Waals surface area contributed by atoms with Crippen LogP contribution in [0.1, 0.15) is 5.56 Å². The number of H-pyrrole nitrogens is 1. The second-order valence-corrected chi connectivity index (χ2v) is 6.08. The lowest BCUT2D eigenvalue weighted by molar-refractivity contribution is 0.349. The Balaban J connectivity index is 1.68. The zero-order chi connectivity index (χ0) is 20.4. The van der Waals surface area contributed by atoms with Gasteiger partial charge in [0.05, 0.1) is 27.5 Å². The lowest BCUT2D eigenvalue weighted by Crippen LogP contribution is -1.99. The standard InChI is InChI=1S/C20H18FN5O3/c1-27-15-8-17(29-3)16(28-2)6-11(15)9-24-26-20-19-18(22-10-23-20)13-7-12(21)4-5-14(13)25-19/h4-10,25H,1-3H3,(H,22,23,26). The maximum absolute atomic E-state index is 13.6. The molecule has 0 saturated carbocycles. The highest BCUT2D eigenvalue weighted by Gasteiger charge is 2.12. The van der Waals surface area contributed by atoms with Crippen LogP contribution in [0, 0.1) is 5.82 Å². The summed E-state index contributed by atoms with van der Waals surface area (Å²) >= 11 is 0. The molecule has 2 aromatic carbocycles. The molecule has 2 heterocycles. The van der Waals surface area contributed by atoms with Crippen LogP contribution in [0.4, 0.5) is 10.2 Å². The van der Waals surface area contributed by atoms with Gasteiger partial charge in [0.1, 0.15) is 28.9 Å². The van der Waals surface area contributed by atoms with Gasteiger partial charge in [0.25, 0.3) is 0 Å². The number of rotatable bonds is 6. The van der Waals surface area contributed by atoms with E-state index in [9.17, 15) is 4.39 Å². The molecule has 148 valence electrons. The monoisotopic (exact) mass is 395 g/mol. The zero-order valence-electron chi connectivity index (χ0n) is 16.0. The van der Waals surface area contributed by atoms with Crippen molar-refractivity contribution in [2.75, 3.05) is 26.8 Å². The average molecular weight is 395 g/mol. The third kappa shape index (κ3) is 3.38. The number of aromatic amines is 1. The molecule has 0 spiro atoms. The summed E-state index contributed by atoms with van der Waals surface area (Å²) in [6.07, 6.45) is 2.98. The third-order valence-electron chi connectivity index (χ3n) is 4.45. The number of nitrogens with one attached hydrogen (secondary N) is 2. The van der Waals surface area contributed by atoms with Crippen molar-refractivity contribution in [1.82, 2.24) is 15.0 Å². The van der Waals surface area contributed by atoms with Crippen LogP contribution in [0.5, 0.6) is 17.2 Å². The quantitative estimate of drug-likeness (QED) is 0.382. The average Bonchev–Trinajstić information content (AvgIpc) is 3.12. The molecule has 2 N–H and O–H groups in total. The maximum Gasteiger partial charge on any atom is 0.174 e. The normalized spacial score (nSPS) is 11.3. The van der Waals surface area contributed by atoms with Crippen LogP contribution in [0.15, 0.2) is 41.8 Å². The first-order valence-electron chi connectivity index (χ1n) is 8.65. The Morgan fingerprint density at radius 2 is 1.76 bits per heavy atom. The van der Waals surface area contributed by atoms with Crippen molar-refractivity contribution >= 4 is 34.0 Å². The number of hydrazone groups is 1. The summed E-state index contributed by atoms with van der Waals surface area (Å²) in [5.74, 6) is 1.81. The van der Waals surface area contributed by atoms with Gasteiger partial charge in [-0.25, -0.2) is 14.4 Å². The summed E-state index contributed by atoms with van der Waals surface area (Å²) in [4.78, 5) is 11.7. The predicted octanol–water partition coefficient (Wildman–Crippen LogP) is 3.72. The molecule has 0 aliphatic heterocycles. The van der Waals surface area contributed by atoms with Gasteiger partial charge in [-0.15, -0.1) is 0 Å². The summed E-state index contributed by atoms with van der Waals surface area (Å²) in [6, 6.07) is 7.95. The number of aromatic nitrogens is 3. The van der Waals surface area contributed by atoms with Crippen molar-refractivity contribution in [2.24, 2.45) is 5.10 Å². The highest BCUT2D eigenvalue weighted by atomic mass is 19.1. The molecule has 0 saturated heterocycles. The number of nitrogens with zero attached hydrogens (tertiary/aromatic N) is 3. The smallest absolute Gasteiger partial charge is 0.174 e. The van der Waals surface area contributed by atoms with Gasteiger partial charge in [0.15, 0.2) is 17.3 Å². The van der Waals surface area contributed by atoms with Crippen LogP contribution in [-0.4, -0.2) is 42.5 Å². The van der Waals surface area contributed by atoms with Gasteiger partial charge in [-0.1, -0.05) is 0 Å². The molecule has 4 rings (SSSR count). The molecule has 0 bridgehead atoms. The maximum atomic E-state index is 13.6. The Morgan fingerprint density at radius 3 is 2.52 bits per heavy atom. The van der Waals surface area contributed by atoms with E-state index < -0.39 is 0 Å². The van der Waals surface area contributed by atoms with E-state index in [1.165, 1.54) is 18.5 Å². The SMILES string of the molecule is COc1cc(OC)c(OC)cc1C=NNc1ncnc2c1[nH]c1ccc(F)cc12. The summed E-state index contributed by atoms with van der Waals surface area (Å²) in [5, 5.41) is 4.93. The molecule has 0 aliphatic rings. The van der Waals surface area contributed by atoms with E-state index in [2.05, 4.69) is 25.5 Å². The highest BCUT2D eigenvalue weighted by Crippen LogP contribution is 2.34. The van der Waals surface area contributed by atoms with Crippen LogP contribution in [0.2, 0.25) is 0 Å². The van der Waals surface area contributed by atoms with E-state index in [0.29, 0.717) is 45.0 Å². The van der Waals surface area contributed by atoms with Gasteiger partial charge >= 0.3 is 0 Å². The number of hydrogen-bond donors (Lipinski definition) is 2. The first-order chi connectivity index (χ1) is 14.1. The first-order valence-corrected chi connectivity index (χ1v) is 8.65. The Morgan fingerprint density at radius 1 is 1.00 bits per heavy atom. The molecule has 4 aromatic rings. The molecule has 9 heteroatoms. The van der Waals surface area contributed by atoms with E-state index in [0.717, 1.165) is 5.52 Å². The fourth-order valence-electron chi connectivity index (χ4n) is 3.07. The topological polar surface area (TPSA) is 93.7 Å². The minimum atomic E-state index is -0.329. The van der Waals surface area contributed by atoms with E-state index >= 15 is 0 Å². The summed E-state index contributed by atoms with van der Waals surface area (Å²) < 4.78 is 29.6. The Bertz CT molecular complexity index is 1220. The number of fused-ring (bicyclic) bond motifs is 3. The summed E-state index contributed by atoms with van der Waals surface area (Å²) in [7, 11) is 4.67. The number of methoxy groups -OCH3 is 3. The van der Waals surface area contributed by atoms with Crippen molar-refractivity contribution in [3.63, 3.8) is 0 Å². The number of hydrogen-bond acceptors (Lipinski definition) is 7. The van der Waals surface area contributed by atoms with Crippen LogP contribution in [-0.2, 0) is 0 Å². The molecule has 0 amide bonds. The third-order valence-corrected chi connectivity index (χ3v) is 4.45.